The largest absolute Gasteiger partial charge is 0.411 e. The fourth-order valence-electron chi connectivity index (χ4n) is 1.54. The summed E-state index contributed by atoms with van der Waals surface area (Å²) in [5.41, 5.74) is 2.98. The van der Waals surface area contributed by atoms with Crippen LogP contribution in [-0.2, 0) is 36.6 Å². The molecular formula is C11H17N4O4Re-. The topological polar surface area (TPSA) is 96.8 Å². The van der Waals surface area contributed by atoms with Gasteiger partial charge in [-0.2, -0.15) is 5.10 Å². The summed E-state index contributed by atoms with van der Waals surface area (Å²) in [6.45, 7) is 3.80. The van der Waals surface area contributed by atoms with Crippen LogP contribution in [0.2, 0.25) is 0 Å². The number of hydroxylamine groups is 1. The zero-order valence-corrected chi connectivity index (χ0v) is 14.2. The van der Waals surface area contributed by atoms with Gasteiger partial charge in [-0.25, -0.2) is 21.9 Å². The normalized spacial score (nSPS) is 11.4. The Labute approximate surface area is 131 Å². The maximum absolute atomic E-state index is 11.6. The average Bonchev–Trinajstić information content (AvgIpc) is 2.42. The molecule has 0 saturated heterocycles. The summed E-state index contributed by atoms with van der Waals surface area (Å²) in [5.74, 6) is -0.211. The van der Waals surface area contributed by atoms with Gasteiger partial charge in [-0.15, -0.1) is 5.56 Å². The molecule has 1 aromatic rings. The minimum atomic E-state index is -0.168. The van der Waals surface area contributed by atoms with Crippen LogP contribution in [-0.4, -0.2) is 46.0 Å². The Kier molecular flexibility index (Phi) is 9.20. The van der Waals surface area contributed by atoms with Crippen molar-refractivity contribution < 1.29 is 40.2 Å². The molecule has 0 aliphatic carbocycles. The molecule has 0 saturated carbocycles. The van der Waals surface area contributed by atoms with Crippen molar-refractivity contribution in [2.45, 2.75) is 26.4 Å². The summed E-state index contributed by atoms with van der Waals surface area (Å²) in [5, 5.41) is 15.8. The second-order valence-corrected chi connectivity index (χ2v) is 3.87. The Morgan fingerprint density at radius 1 is 1.65 bits per heavy atom. The van der Waals surface area contributed by atoms with Gasteiger partial charge in [-0.3, -0.25) is 9.63 Å². The maximum Gasteiger partial charge on any atom is 0.219 e. The van der Waals surface area contributed by atoms with Gasteiger partial charge in [0.1, 0.15) is 5.88 Å². The first-order chi connectivity index (χ1) is 9.10. The molecule has 20 heavy (non-hydrogen) atoms. The molecule has 0 aromatic carbocycles. The van der Waals surface area contributed by atoms with Crippen LogP contribution in [0.5, 0.6) is 5.88 Å². The van der Waals surface area contributed by atoms with Crippen LogP contribution in [0.25, 0.3) is 0 Å². The molecule has 0 spiro atoms. The van der Waals surface area contributed by atoms with E-state index in [0.29, 0.717) is 12.2 Å². The quantitative estimate of drug-likeness (QED) is 0.340. The number of rotatable bonds is 7. The molecule has 2 N–H and O–H groups in total. The third-order valence-corrected chi connectivity index (χ3v) is 2.52. The number of nitrogens with one attached hydrogen (secondary N) is 1. The zero-order valence-electron chi connectivity index (χ0n) is 11.5. The summed E-state index contributed by atoms with van der Waals surface area (Å²) < 4.78 is 0. The molecule has 1 aromatic heterocycles. The third-order valence-electron chi connectivity index (χ3n) is 2.52. The first-order valence-electron chi connectivity index (χ1n) is 5.69. The molecule has 8 nitrogen and oxygen atoms in total. The molecule has 113 valence electrons. The van der Waals surface area contributed by atoms with Crippen LogP contribution in [0.3, 0.4) is 0 Å². The fourth-order valence-corrected chi connectivity index (χ4v) is 1.54. The second kappa shape index (κ2) is 9.74. The van der Waals surface area contributed by atoms with Crippen LogP contribution in [0.15, 0.2) is 6.20 Å². The van der Waals surface area contributed by atoms with Crippen LogP contribution in [0.4, 0.5) is 0 Å². The average molecular weight is 455 g/mol. The molecule has 1 radical (unpaired) electrons. The van der Waals surface area contributed by atoms with E-state index in [9.17, 15) is 4.79 Å². The van der Waals surface area contributed by atoms with Crippen molar-refractivity contribution >= 4 is 5.91 Å². The third kappa shape index (κ3) is 5.48. The van der Waals surface area contributed by atoms with Crippen molar-refractivity contribution in [2.24, 2.45) is 0 Å². The molecular weight excluding hydrogens is 438 g/mol. The van der Waals surface area contributed by atoms with Crippen molar-refractivity contribution in [3.63, 3.8) is 0 Å². The van der Waals surface area contributed by atoms with Gasteiger partial charge in [-0.1, -0.05) is 0 Å². The molecule has 1 unspecified atom stereocenters. The van der Waals surface area contributed by atoms with Crippen molar-refractivity contribution in [2.75, 3.05) is 13.7 Å². The van der Waals surface area contributed by atoms with E-state index in [0.717, 1.165) is 0 Å². The molecule has 0 bridgehead atoms. The fraction of sp³-hybridized carbons (Fsp3) is 0.545. The molecule has 0 fully saturated rings. The SMILES string of the molecule is CNOCC(C)N(Cc1[c-]cnnc1OO)C(C)=O.[Re]. The van der Waals surface area contributed by atoms with Crippen molar-refractivity contribution in [3.8, 4) is 5.88 Å². The van der Waals surface area contributed by atoms with E-state index in [4.69, 9.17) is 10.1 Å². The number of aromatic nitrogens is 2. The first-order valence-corrected chi connectivity index (χ1v) is 5.69. The van der Waals surface area contributed by atoms with E-state index in [1.807, 2.05) is 6.92 Å². The molecule has 0 aliphatic heterocycles. The van der Waals surface area contributed by atoms with Gasteiger partial charge in [0.2, 0.25) is 5.91 Å². The van der Waals surface area contributed by atoms with Crippen LogP contribution >= 0.6 is 0 Å². The van der Waals surface area contributed by atoms with Crippen LogP contribution < -0.4 is 10.4 Å². The number of carbonyl (C=O) groups excluding carboxylic acids is 1. The van der Waals surface area contributed by atoms with Crippen molar-refractivity contribution in [1.29, 1.82) is 0 Å². The van der Waals surface area contributed by atoms with Crippen LogP contribution in [0, 0.1) is 6.07 Å². The van der Waals surface area contributed by atoms with Crippen molar-refractivity contribution in [1.82, 2.24) is 20.6 Å². The minimum absolute atomic E-state index is 0. The van der Waals surface area contributed by atoms with Gasteiger partial charge < -0.3 is 9.79 Å². The summed E-state index contributed by atoms with van der Waals surface area (Å²) in [4.78, 5) is 22.4. The summed E-state index contributed by atoms with van der Waals surface area (Å²) in [6.07, 6.45) is 1.34. The predicted molar refractivity (Wildman–Crippen MR) is 64.8 cm³/mol. The number of nitrogens with zero attached hydrogens (tertiary/aromatic N) is 3. The standard InChI is InChI=1S/C11H17N4O4.Re/c1-8(7-18-12-3)15(9(2)16)6-10-4-5-13-14-11(10)19-17;/h5,8,12,17H,6-7H2,1-3H3;/q-1;. The van der Waals surface area contributed by atoms with E-state index in [-0.39, 0.29) is 44.8 Å². The summed E-state index contributed by atoms with van der Waals surface area (Å²) in [6, 6.07) is 2.61. The van der Waals surface area contributed by atoms with E-state index < -0.39 is 0 Å². The number of amides is 1. The van der Waals surface area contributed by atoms with E-state index in [2.05, 4.69) is 26.6 Å². The molecule has 9 heteroatoms. The Balaban J connectivity index is 0.00000361. The van der Waals surface area contributed by atoms with Gasteiger partial charge in [0.25, 0.3) is 0 Å². The van der Waals surface area contributed by atoms with Gasteiger partial charge in [0, 0.05) is 40.9 Å². The molecule has 1 amide bonds. The monoisotopic (exact) mass is 456 g/mol. The van der Waals surface area contributed by atoms with Gasteiger partial charge in [0.15, 0.2) is 0 Å². The van der Waals surface area contributed by atoms with Crippen LogP contribution in [0.1, 0.15) is 19.4 Å². The number of hydrogen-bond donors (Lipinski definition) is 2. The minimum Gasteiger partial charge on any atom is -0.411 e. The Bertz CT molecular complexity index is 421. The van der Waals surface area contributed by atoms with Gasteiger partial charge >= 0.3 is 0 Å². The maximum atomic E-state index is 11.6. The Morgan fingerprint density at radius 2 is 2.35 bits per heavy atom. The number of carbonyl (C=O) groups is 1. The van der Waals surface area contributed by atoms with Gasteiger partial charge in [-0.05, 0) is 13.1 Å². The smallest absolute Gasteiger partial charge is 0.219 e. The van der Waals surface area contributed by atoms with Gasteiger partial charge in [0.05, 0.1) is 12.6 Å². The Hall–Kier alpha value is -1.11. The zero-order chi connectivity index (χ0) is 14.3. The molecule has 1 rings (SSSR count). The predicted octanol–water partition coefficient (Wildman–Crippen LogP) is 0.0141. The molecule has 1 heterocycles. The Morgan fingerprint density at radius 3 is 2.90 bits per heavy atom. The second-order valence-electron chi connectivity index (χ2n) is 3.87. The first kappa shape index (κ1) is 18.9. The molecule has 1 atom stereocenters. The van der Waals surface area contributed by atoms with E-state index >= 15 is 0 Å². The summed E-state index contributed by atoms with van der Waals surface area (Å²) >= 11 is 0. The van der Waals surface area contributed by atoms with Crippen molar-refractivity contribution in [3.05, 3.63) is 17.8 Å². The molecule has 0 aliphatic rings. The van der Waals surface area contributed by atoms with E-state index in [1.165, 1.54) is 13.1 Å². The summed E-state index contributed by atoms with van der Waals surface area (Å²) in [7, 11) is 1.64. The van der Waals surface area contributed by atoms with E-state index in [1.54, 1.807) is 11.9 Å². The number of hydrogen-bond acceptors (Lipinski definition) is 7.